The molecule has 2 aromatic carbocycles. The van der Waals surface area contributed by atoms with E-state index in [4.69, 9.17) is 4.52 Å². The fourth-order valence-corrected chi connectivity index (χ4v) is 3.10. The summed E-state index contributed by atoms with van der Waals surface area (Å²) in [5.41, 5.74) is 2.94. The maximum atomic E-state index is 11.2. The van der Waals surface area contributed by atoms with Crippen molar-refractivity contribution in [2.24, 2.45) is 0 Å². The van der Waals surface area contributed by atoms with Gasteiger partial charge < -0.3 is 9.51 Å². The number of nitrogens with zero attached hydrogens (tertiary/aromatic N) is 2. The highest BCUT2D eigenvalue weighted by Gasteiger charge is 2.13. The van der Waals surface area contributed by atoms with Crippen LogP contribution in [-0.4, -0.2) is 29.8 Å². The fraction of sp³-hybridized carbons (Fsp3) is 0.0588. The minimum Gasteiger partial charge on any atom is -0.351 e. The second-order valence-electron chi connectivity index (χ2n) is 5.64. The van der Waals surface area contributed by atoms with E-state index in [-0.39, 0.29) is 0 Å². The zero-order valence-electron chi connectivity index (χ0n) is 13.2. The van der Waals surface area contributed by atoms with Crippen LogP contribution in [0.4, 0.5) is 5.69 Å². The Morgan fingerprint density at radius 1 is 1.08 bits per heavy atom. The van der Waals surface area contributed by atoms with E-state index in [1.165, 1.54) is 0 Å². The monoisotopic (exact) mass is 354 g/mol. The summed E-state index contributed by atoms with van der Waals surface area (Å²) >= 11 is 0. The molecule has 4 aromatic rings. The van der Waals surface area contributed by atoms with E-state index >= 15 is 0 Å². The number of sulfonamides is 1. The number of aromatic nitrogens is 3. The number of benzene rings is 2. The van der Waals surface area contributed by atoms with Gasteiger partial charge in [0.2, 0.25) is 15.8 Å². The van der Waals surface area contributed by atoms with Gasteiger partial charge in [0.05, 0.1) is 6.26 Å². The first-order valence-electron chi connectivity index (χ1n) is 7.48. The molecule has 25 heavy (non-hydrogen) atoms. The molecule has 8 heteroatoms. The van der Waals surface area contributed by atoms with Gasteiger partial charge in [0, 0.05) is 22.2 Å². The number of hydrogen-bond acceptors (Lipinski definition) is 5. The van der Waals surface area contributed by atoms with E-state index in [0.717, 1.165) is 28.4 Å². The van der Waals surface area contributed by atoms with Crippen molar-refractivity contribution in [1.82, 2.24) is 15.1 Å². The van der Waals surface area contributed by atoms with Gasteiger partial charge in [-0.15, -0.1) is 0 Å². The second-order valence-corrected chi connectivity index (χ2v) is 7.39. The van der Waals surface area contributed by atoms with Crippen LogP contribution in [0.25, 0.3) is 33.9 Å². The summed E-state index contributed by atoms with van der Waals surface area (Å²) < 4.78 is 30.2. The maximum Gasteiger partial charge on any atom is 0.274 e. The van der Waals surface area contributed by atoms with Crippen molar-refractivity contribution in [2.75, 3.05) is 11.0 Å². The van der Waals surface area contributed by atoms with Gasteiger partial charge in [0.15, 0.2) is 0 Å². The molecule has 4 rings (SSSR count). The van der Waals surface area contributed by atoms with Crippen molar-refractivity contribution >= 4 is 26.6 Å². The molecule has 126 valence electrons. The molecule has 2 aromatic heterocycles. The van der Waals surface area contributed by atoms with Crippen molar-refractivity contribution in [3.05, 3.63) is 54.6 Å². The Balaban J connectivity index is 1.62. The lowest BCUT2D eigenvalue weighted by Crippen LogP contribution is -2.09. The number of H-pyrrole nitrogens is 1. The summed E-state index contributed by atoms with van der Waals surface area (Å²) in [5, 5.41) is 5.06. The third-order valence-electron chi connectivity index (χ3n) is 3.63. The maximum absolute atomic E-state index is 11.2. The number of hydrogen-bond donors (Lipinski definition) is 2. The van der Waals surface area contributed by atoms with E-state index < -0.39 is 10.0 Å². The van der Waals surface area contributed by atoms with E-state index in [1.54, 1.807) is 24.3 Å². The van der Waals surface area contributed by atoms with Gasteiger partial charge in [-0.05, 0) is 36.4 Å². The molecule has 0 amide bonds. The minimum atomic E-state index is -3.30. The average molecular weight is 354 g/mol. The lowest BCUT2D eigenvalue weighted by atomic mass is 10.2. The van der Waals surface area contributed by atoms with Gasteiger partial charge in [-0.3, -0.25) is 4.72 Å². The van der Waals surface area contributed by atoms with Crippen LogP contribution in [0.15, 0.2) is 59.1 Å². The zero-order chi connectivity index (χ0) is 17.4. The molecule has 0 spiro atoms. The quantitative estimate of drug-likeness (QED) is 0.586. The van der Waals surface area contributed by atoms with Crippen LogP contribution in [-0.2, 0) is 10.0 Å². The van der Waals surface area contributed by atoms with Gasteiger partial charge in [-0.25, -0.2) is 8.42 Å². The molecule has 0 bridgehead atoms. The number of rotatable bonds is 4. The molecule has 0 saturated carbocycles. The van der Waals surface area contributed by atoms with Crippen LogP contribution >= 0.6 is 0 Å². The third-order valence-corrected chi connectivity index (χ3v) is 4.24. The Morgan fingerprint density at radius 2 is 1.84 bits per heavy atom. The largest absolute Gasteiger partial charge is 0.351 e. The topological polar surface area (TPSA) is 101 Å². The Hall–Kier alpha value is -3.13. The van der Waals surface area contributed by atoms with E-state index in [2.05, 4.69) is 19.8 Å². The van der Waals surface area contributed by atoms with Gasteiger partial charge in [0.1, 0.15) is 5.69 Å². The smallest absolute Gasteiger partial charge is 0.274 e. The van der Waals surface area contributed by atoms with Crippen molar-refractivity contribution in [3.63, 3.8) is 0 Å². The molecule has 0 fully saturated rings. The van der Waals surface area contributed by atoms with E-state index in [0.29, 0.717) is 17.4 Å². The Labute approximate surface area is 143 Å². The van der Waals surface area contributed by atoms with Crippen LogP contribution in [0.3, 0.4) is 0 Å². The molecule has 0 atom stereocenters. The van der Waals surface area contributed by atoms with Gasteiger partial charge in [-0.2, -0.15) is 4.98 Å². The highest BCUT2D eigenvalue weighted by atomic mass is 32.2. The first-order chi connectivity index (χ1) is 12.0. The standard InChI is InChI=1S/C17H14N4O3S/c1-25(22,23)21-13-8-6-11(7-9-13)16-19-17(24-20-16)15-10-12-4-2-3-5-14(12)18-15/h2-10,18,21H,1H3. The number of aromatic amines is 1. The number of para-hydroxylation sites is 1. The van der Waals surface area contributed by atoms with Crippen molar-refractivity contribution in [2.45, 2.75) is 0 Å². The minimum absolute atomic E-state index is 0.393. The highest BCUT2D eigenvalue weighted by Crippen LogP contribution is 2.25. The molecule has 0 aliphatic rings. The molecular weight excluding hydrogens is 340 g/mol. The van der Waals surface area contributed by atoms with Crippen LogP contribution in [0.1, 0.15) is 0 Å². The summed E-state index contributed by atoms with van der Waals surface area (Å²) in [7, 11) is -3.30. The molecule has 2 N–H and O–H groups in total. The summed E-state index contributed by atoms with van der Waals surface area (Å²) in [4.78, 5) is 7.64. The van der Waals surface area contributed by atoms with Gasteiger partial charge >= 0.3 is 0 Å². The number of anilines is 1. The van der Waals surface area contributed by atoms with Crippen LogP contribution < -0.4 is 4.72 Å². The molecule has 0 saturated heterocycles. The van der Waals surface area contributed by atoms with Crippen molar-refractivity contribution < 1.29 is 12.9 Å². The summed E-state index contributed by atoms with van der Waals surface area (Å²) in [5.74, 6) is 0.823. The molecule has 2 heterocycles. The van der Waals surface area contributed by atoms with E-state index in [9.17, 15) is 8.42 Å². The van der Waals surface area contributed by atoms with E-state index in [1.807, 2.05) is 30.3 Å². The summed E-state index contributed by atoms with van der Waals surface area (Å²) in [6, 6.07) is 16.6. The highest BCUT2D eigenvalue weighted by molar-refractivity contribution is 7.92. The predicted molar refractivity (Wildman–Crippen MR) is 95.5 cm³/mol. The average Bonchev–Trinajstić information content (AvgIpc) is 3.21. The summed E-state index contributed by atoms with van der Waals surface area (Å²) in [6.07, 6.45) is 1.10. The van der Waals surface area contributed by atoms with Gasteiger partial charge in [-0.1, -0.05) is 23.4 Å². The number of nitrogens with one attached hydrogen (secondary N) is 2. The Morgan fingerprint density at radius 3 is 2.56 bits per heavy atom. The lowest BCUT2D eigenvalue weighted by molar-refractivity contribution is 0.431. The predicted octanol–water partition coefficient (Wildman–Crippen LogP) is 3.26. The van der Waals surface area contributed by atoms with Crippen LogP contribution in [0, 0.1) is 0 Å². The Kier molecular flexibility index (Phi) is 3.54. The second kappa shape index (κ2) is 5.75. The third kappa shape index (κ3) is 3.24. The normalized spacial score (nSPS) is 11.7. The van der Waals surface area contributed by atoms with Gasteiger partial charge in [0.25, 0.3) is 5.89 Å². The molecule has 0 radical (unpaired) electrons. The Bertz CT molecular complexity index is 1110. The van der Waals surface area contributed by atoms with Crippen LogP contribution in [0.5, 0.6) is 0 Å². The van der Waals surface area contributed by atoms with Crippen molar-refractivity contribution in [3.8, 4) is 23.0 Å². The molecule has 7 nitrogen and oxygen atoms in total. The van der Waals surface area contributed by atoms with Crippen LogP contribution in [0.2, 0.25) is 0 Å². The molecular formula is C17H14N4O3S. The number of fused-ring (bicyclic) bond motifs is 1. The molecule has 0 unspecified atom stereocenters. The molecule has 0 aliphatic carbocycles. The SMILES string of the molecule is CS(=O)(=O)Nc1ccc(-c2noc(-c3cc4ccccc4[nH]3)n2)cc1. The zero-order valence-corrected chi connectivity index (χ0v) is 14.0. The first kappa shape index (κ1) is 15.4. The summed E-state index contributed by atoms with van der Waals surface area (Å²) in [6.45, 7) is 0. The fourth-order valence-electron chi connectivity index (χ4n) is 2.54. The molecule has 0 aliphatic heterocycles. The van der Waals surface area contributed by atoms with Crippen molar-refractivity contribution in [1.29, 1.82) is 0 Å². The lowest BCUT2D eigenvalue weighted by Gasteiger charge is -2.03. The first-order valence-corrected chi connectivity index (χ1v) is 9.37.